The Labute approximate surface area is 120 Å². The number of pyridine rings is 1. The zero-order valence-corrected chi connectivity index (χ0v) is 11.9. The highest BCUT2D eigenvalue weighted by Gasteiger charge is 2.42. The Morgan fingerprint density at radius 3 is 2.67 bits per heavy atom. The Bertz CT molecular complexity index is 604. The molecule has 9 heteroatoms. The quantitative estimate of drug-likeness (QED) is 0.893. The lowest BCUT2D eigenvalue weighted by molar-refractivity contribution is -0.182. The van der Waals surface area contributed by atoms with Gasteiger partial charge in [0.15, 0.2) is 0 Å². The number of anilines is 1. The van der Waals surface area contributed by atoms with Crippen LogP contribution < -0.4 is 10.5 Å². The van der Waals surface area contributed by atoms with Crippen LogP contribution >= 0.6 is 0 Å². The van der Waals surface area contributed by atoms with Gasteiger partial charge in [-0.25, -0.2) is 18.5 Å². The van der Waals surface area contributed by atoms with E-state index in [9.17, 15) is 21.6 Å². The molecule has 0 radical (unpaired) electrons. The van der Waals surface area contributed by atoms with Crippen molar-refractivity contribution in [2.75, 3.05) is 5.32 Å². The Hall–Kier alpha value is -1.35. The highest BCUT2D eigenvalue weighted by molar-refractivity contribution is 7.89. The van der Waals surface area contributed by atoms with Crippen LogP contribution in [0.1, 0.15) is 25.7 Å². The minimum Gasteiger partial charge on any atom is -0.366 e. The minimum atomic E-state index is -4.23. The second-order valence-corrected chi connectivity index (χ2v) is 6.67. The van der Waals surface area contributed by atoms with E-state index in [0.717, 1.165) is 0 Å². The lowest BCUT2D eigenvalue weighted by Gasteiger charge is -2.31. The Morgan fingerprint density at radius 1 is 1.33 bits per heavy atom. The predicted octanol–water partition coefficient (Wildman–Crippen LogP) is 2.26. The van der Waals surface area contributed by atoms with Gasteiger partial charge >= 0.3 is 6.18 Å². The highest BCUT2D eigenvalue weighted by atomic mass is 32.2. The van der Waals surface area contributed by atoms with E-state index in [-0.39, 0.29) is 23.6 Å². The minimum absolute atomic E-state index is 0.00724. The summed E-state index contributed by atoms with van der Waals surface area (Å²) in [5.74, 6) is -1.36. The number of nitrogens with one attached hydrogen (secondary N) is 1. The number of nitrogens with two attached hydrogens (primary N) is 1. The Morgan fingerprint density at radius 2 is 2.05 bits per heavy atom. The summed E-state index contributed by atoms with van der Waals surface area (Å²) in [5.41, 5.74) is 0. The molecule has 3 N–H and O–H groups in total. The molecule has 0 amide bonds. The fourth-order valence-electron chi connectivity index (χ4n) is 2.54. The van der Waals surface area contributed by atoms with Crippen molar-refractivity contribution >= 4 is 15.8 Å². The Balaban J connectivity index is 2.16. The van der Waals surface area contributed by atoms with E-state index in [4.69, 9.17) is 5.14 Å². The van der Waals surface area contributed by atoms with Gasteiger partial charge in [-0.2, -0.15) is 13.2 Å². The van der Waals surface area contributed by atoms with Crippen LogP contribution in [0.2, 0.25) is 0 Å². The van der Waals surface area contributed by atoms with E-state index >= 15 is 0 Å². The van der Waals surface area contributed by atoms with Crippen LogP contribution in [-0.2, 0) is 10.0 Å². The zero-order valence-electron chi connectivity index (χ0n) is 11.1. The molecule has 1 heterocycles. The summed E-state index contributed by atoms with van der Waals surface area (Å²) in [6.07, 6.45) is -1.89. The van der Waals surface area contributed by atoms with Crippen molar-refractivity contribution in [2.24, 2.45) is 11.1 Å². The van der Waals surface area contributed by atoms with Crippen molar-refractivity contribution in [3.8, 4) is 0 Å². The molecule has 1 aliphatic rings. The summed E-state index contributed by atoms with van der Waals surface area (Å²) in [7, 11) is -3.97. The molecule has 2 unspecified atom stereocenters. The summed E-state index contributed by atoms with van der Waals surface area (Å²) in [5, 5.41) is 7.86. The number of aromatic nitrogens is 1. The van der Waals surface area contributed by atoms with Crippen molar-refractivity contribution in [1.29, 1.82) is 0 Å². The largest absolute Gasteiger partial charge is 0.391 e. The normalized spacial score (nSPS) is 23.8. The van der Waals surface area contributed by atoms with Crippen LogP contribution in [0.15, 0.2) is 23.2 Å². The van der Waals surface area contributed by atoms with Crippen LogP contribution in [0.3, 0.4) is 0 Å². The first kappa shape index (κ1) is 16.0. The van der Waals surface area contributed by atoms with E-state index in [2.05, 4.69) is 10.3 Å². The average Bonchev–Trinajstić information content (AvgIpc) is 2.37. The summed E-state index contributed by atoms with van der Waals surface area (Å²) in [4.78, 5) is 3.67. The van der Waals surface area contributed by atoms with Gasteiger partial charge in [-0.05, 0) is 31.4 Å². The van der Waals surface area contributed by atoms with Crippen LogP contribution in [0, 0.1) is 5.92 Å². The first-order valence-electron chi connectivity index (χ1n) is 6.49. The van der Waals surface area contributed by atoms with E-state index in [1.54, 1.807) is 0 Å². The first-order valence-corrected chi connectivity index (χ1v) is 8.03. The van der Waals surface area contributed by atoms with Crippen LogP contribution in [0.25, 0.3) is 0 Å². The maximum absolute atomic E-state index is 12.8. The van der Waals surface area contributed by atoms with Gasteiger partial charge in [-0.3, -0.25) is 0 Å². The number of hydrogen-bond acceptors (Lipinski definition) is 4. The van der Waals surface area contributed by atoms with E-state index in [0.29, 0.717) is 12.8 Å². The number of hydrogen-bond donors (Lipinski definition) is 2. The molecule has 1 fully saturated rings. The smallest absolute Gasteiger partial charge is 0.366 e. The van der Waals surface area contributed by atoms with Crippen molar-refractivity contribution in [3.05, 3.63) is 18.3 Å². The molecule has 2 atom stereocenters. The van der Waals surface area contributed by atoms with E-state index in [1.165, 1.54) is 18.3 Å². The number of rotatable bonds is 3. The summed E-state index contributed by atoms with van der Waals surface area (Å²) < 4.78 is 61.2. The molecule has 1 aromatic heterocycles. The van der Waals surface area contributed by atoms with E-state index in [1.807, 2.05) is 0 Å². The highest BCUT2D eigenvalue weighted by Crippen LogP contribution is 2.38. The molecule has 0 aliphatic heterocycles. The van der Waals surface area contributed by atoms with Crippen molar-refractivity contribution in [2.45, 2.75) is 42.8 Å². The van der Waals surface area contributed by atoms with E-state index < -0.39 is 28.2 Å². The number of primary sulfonamides is 1. The van der Waals surface area contributed by atoms with Crippen LogP contribution in [0.4, 0.5) is 19.0 Å². The number of alkyl halides is 3. The van der Waals surface area contributed by atoms with Gasteiger partial charge in [0.05, 0.1) is 5.92 Å². The van der Waals surface area contributed by atoms with Gasteiger partial charge < -0.3 is 5.32 Å². The lowest BCUT2D eigenvalue weighted by atomic mass is 9.85. The van der Waals surface area contributed by atoms with Gasteiger partial charge in [-0.1, -0.05) is 6.42 Å². The van der Waals surface area contributed by atoms with Crippen LogP contribution in [0.5, 0.6) is 0 Å². The number of nitrogens with zero attached hydrogens (tertiary/aromatic N) is 1. The maximum atomic E-state index is 12.8. The molecule has 0 spiro atoms. The fourth-order valence-corrected chi connectivity index (χ4v) is 3.19. The molecule has 118 valence electrons. The lowest BCUT2D eigenvalue weighted by Crippen LogP contribution is -2.35. The van der Waals surface area contributed by atoms with Gasteiger partial charge in [-0.15, -0.1) is 0 Å². The monoisotopic (exact) mass is 323 g/mol. The predicted molar refractivity (Wildman–Crippen MR) is 71.0 cm³/mol. The maximum Gasteiger partial charge on any atom is 0.391 e. The topological polar surface area (TPSA) is 85.1 Å². The molecular weight excluding hydrogens is 307 g/mol. The van der Waals surface area contributed by atoms with Crippen LogP contribution in [-0.4, -0.2) is 25.6 Å². The number of sulfonamides is 1. The summed E-state index contributed by atoms with van der Waals surface area (Å²) in [6.45, 7) is 0. The van der Waals surface area contributed by atoms with Gasteiger partial charge in [0.2, 0.25) is 10.0 Å². The molecule has 2 rings (SSSR count). The zero-order chi connectivity index (χ0) is 15.7. The molecule has 1 saturated carbocycles. The van der Waals surface area contributed by atoms with Gasteiger partial charge in [0.25, 0.3) is 0 Å². The average molecular weight is 323 g/mol. The Kier molecular flexibility index (Phi) is 4.43. The van der Waals surface area contributed by atoms with Gasteiger partial charge in [0.1, 0.15) is 10.7 Å². The fraction of sp³-hybridized carbons (Fsp3) is 0.583. The van der Waals surface area contributed by atoms with Crippen molar-refractivity contribution in [3.63, 3.8) is 0 Å². The third-order valence-electron chi connectivity index (χ3n) is 3.56. The molecule has 1 aliphatic carbocycles. The second kappa shape index (κ2) is 5.80. The van der Waals surface area contributed by atoms with Crippen molar-refractivity contribution in [1.82, 2.24) is 4.98 Å². The summed E-state index contributed by atoms with van der Waals surface area (Å²) in [6, 6.07) is 2.21. The molecule has 1 aromatic rings. The third kappa shape index (κ3) is 4.07. The molecule has 5 nitrogen and oxygen atoms in total. The first-order chi connectivity index (χ1) is 9.68. The molecule has 0 saturated heterocycles. The standard InChI is InChI=1S/C12H16F3N3O2S/c13-12(14,15)8-3-1-4-9(7-8)18-11-10(21(16,19)20)5-2-6-17-11/h2,5-6,8-9H,1,3-4,7H2,(H,17,18)(H2,16,19,20). The SMILES string of the molecule is NS(=O)(=O)c1cccnc1NC1CCCC(C(F)(F)F)C1. The second-order valence-electron chi connectivity index (χ2n) is 5.14. The molecule has 21 heavy (non-hydrogen) atoms. The molecule has 0 aromatic carbocycles. The molecule has 0 bridgehead atoms. The number of halogens is 3. The molecular formula is C12H16F3N3O2S. The third-order valence-corrected chi connectivity index (χ3v) is 4.50. The van der Waals surface area contributed by atoms with Crippen molar-refractivity contribution < 1.29 is 21.6 Å². The van der Waals surface area contributed by atoms with Gasteiger partial charge in [0, 0.05) is 12.2 Å². The summed E-state index contributed by atoms with van der Waals surface area (Å²) >= 11 is 0.